The van der Waals surface area contributed by atoms with Crippen molar-refractivity contribution in [3.05, 3.63) is 48.2 Å². The number of aromatic nitrogens is 1. The van der Waals surface area contributed by atoms with Gasteiger partial charge in [-0.3, -0.25) is 0 Å². The summed E-state index contributed by atoms with van der Waals surface area (Å²) in [6, 6.07) is 12.3. The molecule has 0 aliphatic heterocycles. The number of pyridine rings is 1. The van der Waals surface area contributed by atoms with Gasteiger partial charge in [-0.2, -0.15) is 0 Å². The fourth-order valence-corrected chi connectivity index (χ4v) is 2.04. The van der Waals surface area contributed by atoms with Gasteiger partial charge in [0.2, 0.25) is 0 Å². The molecule has 0 fully saturated rings. The van der Waals surface area contributed by atoms with Gasteiger partial charge >= 0.3 is 0 Å². The first-order chi connectivity index (χ1) is 7.79. The number of nitrogens with zero attached hydrogens (tertiary/aromatic N) is 1. The van der Waals surface area contributed by atoms with E-state index in [0.717, 1.165) is 11.5 Å². The van der Waals surface area contributed by atoms with Crippen molar-refractivity contribution in [3.63, 3.8) is 0 Å². The number of hydrogen-bond acceptors (Lipinski definition) is 3. The van der Waals surface area contributed by atoms with E-state index in [-0.39, 0.29) is 0 Å². The average Bonchev–Trinajstić information content (AvgIpc) is 2.30. The van der Waals surface area contributed by atoms with Gasteiger partial charge in [-0.25, -0.2) is 4.98 Å². The summed E-state index contributed by atoms with van der Waals surface area (Å²) in [6.07, 6.45) is 3.89. The normalized spacial score (nSPS) is 10.1. The third kappa shape index (κ3) is 2.55. The third-order valence-corrected chi connectivity index (χ3v) is 3.08. The molecule has 0 bridgehead atoms. The maximum absolute atomic E-state index is 4.29. The number of nitrogens with one attached hydrogen (secondary N) is 1. The number of para-hydroxylation sites is 1. The summed E-state index contributed by atoms with van der Waals surface area (Å²) in [7, 11) is 0. The monoisotopic (exact) mass is 230 g/mol. The molecule has 1 aromatic heterocycles. The molecule has 1 heterocycles. The largest absolute Gasteiger partial charge is 0.339 e. The molecule has 1 aromatic carbocycles. The van der Waals surface area contributed by atoms with E-state index in [0.29, 0.717) is 0 Å². The number of anilines is 2. The second-order valence-corrected chi connectivity index (χ2v) is 4.39. The maximum Gasteiger partial charge on any atom is 0.130 e. The minimum absolute atomic E-state index is 0.890. The van der Waals surface area contributed by atoms with E-state index >= 15 is 0 Å². The lowest BCUT2D eigenvalue weighted by atomic mass is 10.3. The Balaban J connectivity index is 2.26. The summed E-state index contributed by atoms with van der Waals surface area (Å²) >= 11 is 1.73. The Hall–Kier alpha value is -1.48. The van der Waals surface area contributed by atoms with E-state index in [1.807, 2.05) is 30.5 Å². The van der Waals surface area contributed by atoms with Gasteiger partial charge in [0.05, 0.1) is 5.69 Å². The van der Waals surface area contributed by atoms with E-state index < -0.39 is 0 Å². The molecule has 0 unspecified atom stereocenters. The molecule has 0 aliphatic carbocycles. The van der Waals surface area contributed by atoms with E-state index in [9.17, 15) is 0 Å². The van der Waals surface area contributed by atoms with Gasteiger partial charge < -0.3 is 5.32 Å². The van der Waals surface area contributed by atoms with Crippen molar-refractivity contribution >= 4 is 23.3 Å². The predicted molar refractivity (Wildman–Crippen MR) is 70.5 cm³/mol. The van der Waals surface area contributed by atoms with Crippen LogP contribution in [0.2, 0.25) is 0 Å². The summed E-state index contributed by atoms with van der Waals surface area (Å²) in [5.74, 6) is 0.890. The highest BCUT2D eigenvalue weighted by molar-refractivity contribution is 7.98. The number of thioether (sulfide) groups is 1. The van der Waals surface area contributed by atoms with E-state index in [4.69, 9.17) is 0 Å². The fourth-order valence-electron chi connectivity index (χ4n) is 1.49. The first kappa shape index (κ1) is 11.0. The Morgan fingerprint density at radius 2 is 2.00 bits per heavy atom. The zero-order chi connectivity index (χ0) is 11.4. The molecule has 0 aliphatic rings. The van der Waals surface area contributed by atoms with Crippen LogP contribution in [0.25, 0.3) is 0 Å². The molecule has 0 amide bonds. The lowest BCUT2D eigenvalue weighted by Crippen LogP contribution is -1.94. The summed E-state index contributed by atoms with van der Waals surface area (Å²) in [5, 5.41) is 3.33. The van der Waals surface area contributed by atoms with Gasteiger partial charge in [-0.05, 0) is 43.0 Å². The highest BCUT2D eigenvalue weighted by Gasteiger charge is 2.01. The molecular weight excluding hydrogens is 216 g/mol. The molecule has 16 heavy (non-hydrogen) atoms. The highest BCUT2D eigenvalue weighted by atomic mass is 32.2. The van der Waals surface area contributed by atoms with Crippen LogP contribution in [0.4, 0.5) is 11.5 Å². The van der Waals surface area contributed by atoms with E-state index in [1.54, 1.807) is 11.8 Å². The number of aryl methyl sites for hydroxylation is 1. The molecule has 0 saturated heterocycles. The van der Waals surface area contributed by atoms with Gasteiger partial charge in [0, 0.05) is 11.1 Å². The van der Waals surface area contributed by atoms with Crippen LogP contribution in [0.1, 0.15) is 5.56 Å². The lowest BCUT2D eigenvalue weighted by Gasteiger charge is -2.09. The van der Waals surface area contributed by atoms with Crippen LogP contribution in [0, 0.1) is 6.92 Å². The molecule has 2 nitrogen and oxygen atoms in total. The molecule has 1 N–H and O–H groups in total. The van der Waals surface area contributed by atoms with Crippen molar-refractivity contribution in [1.82, 2.24) is 4.98 Å². The molecule has 2 aromatic rings. The molecule has 0 spiro atoms. The van der Waals surface area contributed by atoms with Crippen LogP contribution >= 0.6 is 11.8 Å². The number of rotatable bonds is 3. The molecular formula is C13H14N2S. The van der Waals surface area contributed by atoms with Crippen LogP contribution < -0.4 is 5.32 Å². The fraction of sp³-hybridized carbons (Fsp3) is 0.154. The molecule has 2 rings (SSSR count). The maximum atomic E-state index is 4.29. The Morgan fingerprint density at radius 1 is 1.19 bits per heavy atom. The van der Waals surface area contributed by atoms with Crippen LogP contribution in [-0.4, -0.2) is 11.2 Å². The summed E-state index contributed by atoms with van der Waals surface area (Å²) in [4.78, 5) is 5.52. The van der Waals surface area contributed by atoms with Crippen molar-refractivity contribution in [3.8, 4) is 0 Å². The zero-order valence-electron chi connectivity index (χ0n) is 9.40. The molecule has 0 atom stereocenters. The minimum Gasteiger partial charge on any atom is -0.339 e. The molecule has 0 radical (unpaired) electrons. The van der Waals surface area contributed by atoms with Crippen molar-refractivity contribution in [1.29, 1.82) is 0 Å². The van der Waals surface area contributed by atoms with E-state index in [1.165, 1.54) is 10.5 Å². The van der Waals surface area contributed by atoms with Gasteiger partial charge in [-0.1, -0.05) is 12.1 Å². The Bertz CT molecular complexity index is 483. The summed E-state index contributed by atoms with van der Waals surface area (Å²) < 4.78 is 0. The SMILES string of the molecule is CSc1ccccc1Nc1cc(C)ccn1. The Morgan fingerprint density at radius 3 is 2.75 bits per heavy atom. The summed E-state index contributed by atoms with van der Waals surface area (Å²) in [6.45, 7) is 2.06. The predicted octanol–water partition coefficient (Wildman–Crippen LogP) is 3.86. The van der Waals surface area contributed by atoms with Crippen LogP contribution in [0.15, 0.2) is 47.5 Å². The average molecular weight is 230 g/mol. The van der Waals surface area contributed by atoms with Gasteiger partial charge in [-0.15, -0.1) is 11.8 Å². The number of benzene rings is 1. The van der Waals surface area contributed by atoms with Crippen molar-refractivity contribution in [2.45, 2.75) is 11.8 Å². The smallest absolute Gasteiger partial charge is 0.130 e. The van der Waals surface area contributed by atoms with Crippen molar-refractivity contribution in [2.24, 2.45) is 0 Å². The minimum atomic E-state index is 0.890. The third-order valence-electron chi connectivity index (χ3n) is 2.29. The van der Waals surface area contributed by atoms with Crippen molar-refractivity contribution < 1.29 is 0 Å². The zero-order valence-corrected chi connectivity index (χ0v) is 10.2. The molecule has 3 heteroatoms. The second-order valence-electron chi connectivity index (χ2n) is 3.54. The standard InChI is InChI=1S/C13H14N2S/c1-10-7-8-14-13(9-10)15-11-5-3-4-6-12(11)16-2/h3-9H,1-2H3,(H,14,15). The first-order valence-electron chi connectivity index (χ1n) is 5.12. The Kier molecular flexibility index (Phi) is 3.47. The molecule has 82 valence electrons. The van der Waals surface area contributed by atoms with Gasteiger partial charge in [0.25, 0.3) is 0 Å². The van der Waals surface area contributed by atoms with Crippen LogP contribution in [0.5, 0.6) is 0 Å². The topological polar surface area (TPSA) is 24.9 Å². The first-order valence-corrected chi connectivity index (χ1v) is 6.35. The lowest BCUT2D eigenvalue weighted by molar-refractivity contribution is 1.26. The highest BCUT2D eigenvalue weighted by Crippen LogP contribution is 2.27. The Labute approximate surface area is 100 Å². The molecule has 0 saturated carbocycles. The summed E-state index contributed by atoms with van der Waals surface area (Å²) in [5.41, 5.74) is 2.31. The van der Waals surface area contributed by atoms with Crippen LogP contribution in [-0.2, 0) is 0 Å². The van der Waals surface area contributed by atoms with Crippen LogP contribution in [0.3, 0.4) is 0 Å². The number of hydrogen-bond donors (Lipinski definition) is 1. The van der Waals surface area contributed by atoms with Gasteiger partial charge in [0.1, 0.15) is 5.82 Å². The van der Waals surface area contributed by atoms with E-state index in [2.05, 4.69) is 35.6 Å². The van der Waals surface area contributed by atoms with Crippen molar-refractivity contribution in [2.75, 3.05) is 11.6 Å². The quantitative estimate of drug-likeness (QED) is 0.810. The second kappa shape index (κ2) is 5.03. The van der Waals surface area contributed by atoms with Gasteiger partial charge in [0.15, 0.2) is 0 Å².